The zero-order valence-corrected chi connectivity index (χ0v) is 19.7. The quantitative estimate of drug-likeness (QED) is 0.525. The van der Waals surface area contributed by atoms with Gasteiger partial charge >= 0.3 is 0 Å². The van der Waals surface area contributed by atoms with E-state index in [9.17, 15) is 10.2 Å². The molecule has 0 aromatic carbocycles. The lowest BCUT2D eigenvalue weighted by atomic mass is 9.47. The van der Waals surface area contributed by atoms with Crippen LogP contribution < -0.4 is 0 Å². The monoisotopic (exact) mass is 402 g/mol. The van der Waals surface area contributed by atoms with Crippen molar-refractivity contribution in [3.05, 3.63) is 11.6 Å². The Labute approximate surface area is 179 Å². The summed E-state index contributed by atoms with van der Waals surface area (Å²) in [6.07, 6.45) is 14.1. The molecule has 166 valence electrons. The van der Waals surface area contributed by atoms with Crippen molar-refractivity contribution >= 4 is 0 Å². The molecule has 4 aliphatic carbocycles. The number of aliphatic hydroxyl groups is 2. The van der Waals surface area contributed by atoms with Crippen LogP contribution in [0.5, 0.6) is 0 Å². The van der Waals surface area contributed by atoms with Crippen molar-refractivity contribution in [3.63, 3.8) is 0 Å². The van der Waals surface area contributed by atoms with Gasteiger partial charge in [-0.05, 0) is 111 Å². The zero-order valence-electron chi connectivity index (χ0n) is 19.7. The van der Waals surface area contributed by atoms with Crippen LogP contribution in [-0.2, 0) is 0 Å². The average Bonchev–Trinajstić information content (AvgIpc) is 3.03. The molecular formula is C27H46O2. The number of aliphatic hydroxyl groups excluding tert-OH is 2. The van der Waals surface area contributed by atoms with Crippen LogP contribution in [0.15, 0.2) is 11.6 Å². The van der Waals surface area contributed by atoms with Gasteiger partial charge in [-0.25, -0.2) is 0 Å². The first-order valence-electron chi connectivity index (χ1n) is 12.7. The largest absolute Gasteiger partial charge is 0.393 e. The molecule has 2 nitrogen and oxygen atoms in total. The molecule has 4 rings (SSSR count). The Bertz CT molecular complexity index is 624. The van der Waals surface area contributed by atoms with Gasteiger partial charge in [0.2, 0.25) is 0 Å². The van der Waals surface area contributed by atoms with Gasteiger partial charge in [0.25, 0.3) is 0 Å². The summed E-state index contributed by atoms with van der Waals surface area (Å²) in [6, 6.07) is 0. The maximum Gasteiger partial charge on any atom is 0.0577 e. The third kappa shape index (κ3) is 3.65. The molecule has 0 radical (unpaired) electrons. The zero-order chi connectivity index (χ0) is 21.0. The summed E-state index contributed by atoms with van der Waals surface area (Å²) in [5.41, 5.74) is 2.33. The van der Waals surface area contributed by atoms with Gasteiger partial charge in [-0.3, -0.25) is 0 Å². The van der Waals surface area contributed by atoms with Crippen molar-refractivity contribution in [2.24, 2.45) is 46.3 Å². The van der Waals surface area contributed by atoms with Crippen molar-refractivity contribution in [1.82, 2.24) is 0 Å². The number of hydrogen-bond donors (Lipinski definition) is 2. The van der Waals surface area contributed by atoms with Crippen LogP contribution in [0.3, 0.4) is 0 Å². The van der Waals surface area contributed by atoms with Crippen LogP contribution in [0.4, 0.5) is 0 Å². The van der Waals surface area contributed by atoms with E-state index >= 15 is 0 Å². The molecule has 0 aromatic rings. The molecule has 29 heavy (non-hydrogen) atoms. The van der Waals surface area contributed by atoms with Crippen molar-refractivity contribution in [2.75, 3.05) is 0 Å². The maximum atomic E-state index is 11.0. The minimum Gasteiger partial charge on any atom is -0.393 e. The molecule has 0 spiro atoms. The SMILES string of the molecule is CC(C)CC[C@H](O)[C@@H](C)[C@H]1CCC2C3CC=C4C[C@@H](O)CC[C@]4(C)C3CC[C@@]21C. The maximum absolute atomic E-state index is 11.0. The highest BCUT2D eigenvalue weighted by atomic mass is 16.3. The topological polar surface area (TPSA) is 40.5 Å². The molecule has 0 saturated heterocycles. The molecular weight excluding hydrogens is 356 g/mol. The van der Waals surface area contributed by atoms with Crippen LogP contribution in [0.25, 0.3) is 0 Å². The van der Waals surface area contributed by atoms with E-state index in [4.69, 9.17) is 0 Å². The van der Waals surface area contributed by atoms with E-state index in [0.717, 1.165) is 43.4 Å². The van der Waals surface area contributed by atoms with Crippen molar-refractivity contribution in [2.45, 2.75) is 111 Å². The minimum atomic E-state index is -0.133. The predicted octanol–water partition coefficient (Wildman–Crippen LogP) is 6.36. The molecule has 2 heteroatoms. The molecule has 0 aromatic heterocycles. The molecule has 3 fully saturated rings. The van der Waals surface area contributed by atoms with Gasteiger partial charge in [-0.15, -0.1) is 0 Å². The second-order valence-corrected chi connectivity index (χ2v) is 12.3. The highest BCUT2D eigenvalue weighted by Gasteiger charge is 2.59. The Morgan fingerprint density at radius 1 is 1.00 bits per heavy atom. The lowest BCUT2D eigenvalue weighted by molar-refractivity contribution is -0.0681. The molecule has 3 saturated carbocycles. The summed E-state index contributed by atoms with van der Waals surface area (Å²) in [5.74, 6) is 4.25. The van der Waals surface area contributed by atoms with E-state index in [1.807, 2.05) is 0 Å². The van der Waals surface area contributed by atoms with E-state index in [1.54, 1.807) is 5.57 Å². The summed E-state index contributed by atoms with van der Waals surface area (Å²) in [4.78, 5) is 0. The molecule has 9 atom stereocenters. The number of fused-ring (bicyclic) bond motifs is 5. The van der Waals surface area contributed by atoms with Gasteiger partial charge in [0.15, 0.2) is 0 Å². The van der Waals surface area contributed by atoms with Gasteiger partial charge in [0, 0.05) is 0 Å². The van der Waals surface area contributed by atoms with E-state index < -0.39 is 0 Å². The van der Waals surface area contributed by atoms with Crippen molar-refractivity contribution < 1.29 is 10.2 Å². The molecule has 2 N–H and O–H groups in total. The Balaban J connectivity index is 1.51. The molecule has 0 aliphatic heterocycles. The molecule has 0 amide bonds. The first-order valence-corrected chi connectivity index (χ1v) is 12.7. The molecule has 3 unspecified atom stereocenters. The van der Waals surface area contributed by atoms with Crippen LogP contribution in [0.2, 0.25) is 0 Å². The van der Waals surface area contributed by atoms with Gasteiger partial charge in [0.05, 0.1) is 12.2 Å². The summed E-state index contributed by atoms with van der Waals surface area (Å²) >= 11 is 0. The van der Waals surface area contributed by atoms with E-state index in [0.29, 0.717) is 28.6 Å². The van der Waals surface area contributed by atoms with E-state index in [1.165, 1.54) is 38.5 Å². The molecule has 4 aliphatic rings. The van der Waals surface area contributed by atoms with Gasteiger partial charge in [-0.1, -0.05) is 46.3 Å². The fourth-order valence-electron chi connectivity index (χ4n) is 8.58. The summed E-state index contributed by atoms with van der Waals surface area (Å²) < 4.78 is 0. The lowest BCUT2D eigenvalue weighted by Crippen LogP contribution is -2.51. The van der Waals surface area contributed by atoms with Crippen LogP contribution in [0, 0.1) is 46.3 Å². The molecule has 0 heterocycles. The fraction of sp³-hybridized carbons (Fsp3) is 0.926. The third-order valence-corrected chi connectivity index (χ3v) is 10.4. The summed E-state index contributed by atoms with van der Waals surface area (Å²) in [5, 5.41) is 21.2. The second-order valence-electron chi connectivity index (χ2n) is 12.3. The van der Waals surface area contributed by atoms with Gasteiger partial charge in [-0.2, -0.15) is 0 Å². The summed E-state index contributed by atoms with van der Waals surface area (Å²) in [6.45, 7) is 12.0. The minimum absolute atomic E-state index is 0.108. The lowest BCUT2D eigenvalue weighted by Gasteiger charge is -2.58. The Hall–Kier alpha value is -0.340. The standard InChI is InChI=1S/C27H46O2/c1-17(2)6-11-25(29)18(3)22-9-10-23-21-8-7-19-16-20(28)12-14-26(19,4)24(21)13-15-27(22,23)5/h7,17-18,20-25,28-29H,6,8-16H2,1-5H3/t18-,20-,21?,22+,23?,24?,25-,26-,27+/m0/s1. The summed E-state index contributed by atoms with van der Waals surface area (Å²) in [7, 11) is 0. The number of hydrogen-bond acceptors (Lipinski definition) is 2. The Morgan fingerprint density at radius 3 is 2.48 bits per heavy atom. The van der Waals surface area contributed by atoms with Crippen molar-refractivity contribution in [1.29, 1.82) is 0 Å². The Kier molecular flexibility index (Phi) is 6.01. The first-order chi connectivity index (χ1) is 13.7. The van der Waals surface area contributed by atoms with Crippen molar-refractivity contribution in [3.8, 4) is 0 Å². The van der Waals surface area contributed by atoms with Crippen LogP contribution in [0.1, 0.15) is 98.8 Å². The van der Waals surface area contributed by atoms with Crippen LogP contribution >= 0.6 is 0 Å². The second kappa shape index (κ2) is 7.97. The molecule has 0 bridgehead atoms. The fourth-order valence-corrected chi connectivity index (χ4v) is 8.58. The third-order valence-electron chi connectivity index (χ3n) is 10.4. The normalized spacial score (nSPS) is 46.5. The first kappa shape index (κ1) is 21.9. The van der Waals surface area contributed by atoms with E-state index in [2.05, 4.69) is 40.7 Å². The number of allylic oxidation sites excluding steroid dienone is 1. The van der Waals surface area contributed by atoms with Crippen LogP contribution in [-0.4, -0.2) is 22.4 Å². The highest BCUT2D eigenvalue weighted by Crippen LogP contribution is 2.67. The predicted molar refractivity (Wildman–Crippen MR) is 120 cm³/mol. The van der Waals surface area contributed by atoms with Gasteiger partial charge in [0.1, 0.15) is 0 Å². The number of rotatable bonds is 5. The highest BCUT2D eigenvalue weighted by molar-refractivity contribution is 5.25. The average molecular weight is 403 g/mol. The smallest absolute Gasteiger partial charge is 0.0577 e. The van der Waals surface area contributed by atoms with Gasteiger partial charge < -0.3 is 10.2 Å². The van der Waals surface area contributed by atoms with E-state index in [-0.39, 0.29) is 12.2 Å². The Morgan fingerprint density at radius 2 is 1.76 bits per heavy atom.